The largest absolute Gasteiger partial charge is 0.461 e. The van der Waals surface area contributed by atoms with Crippen LogP contribution in [0.5, 0.6) is 12.0 Å². The second-order valence-electron chi connectivity index (χ2n) is 50.4. The third-order valence-corrected chi connectivity index (χ3v) is 30.5. The average molecular weight is 1800 g/mol. The van der Waals surface area contributed by atoms with E-state index in [0.717, 1.165) is 0 Å². The maximum atomic E-state index is 12.1. The number of hydrogen-bond donors (Lipinski definition) is 12. The maximum absolute atomic E-state index is 12.1. The summed E-state index contributed by atoms with van der Waals surface area (Å²) >= 11 is 0. The fraction of sp³-hybridized carbons (Fsp3) is 0.902. The van der Waals surface area contributed by atoms with E-state index in [4.69, 9.17) is 54.3 Å². The molecule has 4 atom stereocenters. The van der Waals surface area contributed by atoms with E-state index < -0.39 is 88.6 Å². The van der Waals surface area contributed by atoms with E-state index in [1.165, 1.54) is 45.6 Å². The van der Waals surface area contributed by atoms with Gasteiger partial charge in [-0.3, -0.25) is 0 Å². The third-order valence-electron chi connectivity index (χ3n) is 30.5. The first-order valence-corrected chi connectivity index (χ1v) is 47.6. The predicted molar refractivity (Wildman–Crippen MR) is 495 cm³/mol. The molecule has 128 heavy (non-hydrogen) atoms. The Balaban J connectivity index is 1.04. The molecular weight excluding hydrogens is 1630 g/mol. The Morgan fingerprint density at radius 3 is 0.688 bits per heavy atom. The molecule has 9 saturated heterocycles. The molecule has 3 aromatic heterocycles. The highest BCUT2D eigenvalue weighted by atomic mass is 16.5. The smallest absolute Gasteiger partial charge is 0.323 e. The fourth-order valence-electron chi connectivity index (χ4n) is 26.0. The SMILES string of the molecule is CC1CC(N(c2nc(NC3CC(C)(C)N(O)C(C)(C)C3)nc(OCCN(CCOc3nc(NC4CC(C)(C)N(O)C(C)(C)C4)nc(N(C4CC(C)(C)N(O)C(C)(C)C4)C4CC(C)(C)N(O)C(C)(C)C4)n3)c3nc(NC4CC(C)(C)N(O)C(C)(C)C4)nc(N(C4CC(C)N(O)C(C)(C)C4)C4CC(C)(C)N(O)C(C)(C)C4)n3)n2)C2CC(C)(C)N(O)C(C)(C)C2)CC(C)(C)N1O. The highest BCUT2D eigenvalue weighted by molar-refractivity contribution is 5.50. The molecule has 728 valence electrons. The molecule has 12 heterocycles. The van der Waals surface area contributed by atoms with Crippen LogP contribution in [0.15, 0.2) is 0 Å². The lowest BCUT2D eigenvalue weighted by molar-refractivity contribution is -0.251. The Bertz CT molecular complexity index is 4200. The molecule has 36 nitrogen and oxygen atoms in total. The summed E-state index contributed by atoms with van der Waals surface area (Å²) in [5, 5.41) is 132. The van der Waals surface area contributed by atoms with Crippen molar-refractivity contribution in [2.75, 3.05) is 61.9 Å². The van der Waals surface area contributed by atoms with Gasteiger partial charge in [-0.2, -0.15) is 90.4 Å². The number of nitrogens with zero attached hydrogens (tertiary/aromatic N) is 22. The van der Waals surface area contributed by atoms with Crippen molar-refractivity contribution in [3.63, 3.8) is 0 Å². The van der Waals surface area contributed by atoms with Gasteiger partial charge in [0.15, 0.2) is 0 Å². The van der Waals surface area contributed by atoms with Crippen molar-refractivity contribution in [3.8, 4) is 12.0 Å². The van der Waals surface area contributed by atoms with Crippen LogP contribution < -0.4 is 45.0 Å². The van der Waals surface area contributed by atoms with Crippen LogP contribution in [0.2, 0.25) is 0 Å². The van der Waals surface area contributed by atoms with Crippen molar-refractivity contribution >= 4 is 41.6 Å². The van der Waals surface area contributed by atoms with E-state index in [0.29, 0.717) is 139 Å². The van der Waals surface area contributed by atoms with Crippen LogP contribution in [0.3, 0.4) is 0 Å². The van der Waals surface area contributed by atoms with Crippen molar-refractivity contribution in [3.05, 3.63) is 0 Å². The molecule has 0 bridgehead atoms. The Labute approximate surface area is 764 Å². The average Bonchev–Trinajstić information content (AvgIpc) is 0.766. The van der Waals surface area contributed by atoms with Gasteiger partial charge in [0.2, 0.25) is 41.6 Å². The van der Waals surface area contributed by atoms with Crippen LogP contribution in [-0.4, -0.2) is 319 Å². The lowest BCUT2D eigenvalue weighted by Gasteiger charge is -2.58. The first-order chi connectivity index (χ1) is 58.2. The van der Waals surface area contributed by atoms with E-state index in [1.54, 1.807) is 0 Å². The first-order valence-electron chi connectivity index (χ1n) is 47.6. The zero-order chi connectivity index (χ0) is 95.5. The van der Waals surface area contributed by atoms with Crippen molar-refractivity contribution in [2.24, 2.45) is 0 Å². The topological polar surface area (TPSA) is 395 Å². The lowest BCUT2D eigenvalue weighted by atomic mass is 9.75. The molecule has 0 saturated carbocycles. The molecule has 36 heteroatoms. The van der Waals surface area contributed by atoms with Gasteiger partial charge in [0.1, 0.15) is 13.2 Å². The van der Waals surface area contributed by atoms with Gasteiger partial charge < -0.3 is 91.9 Å². The number of rotatable bonds is 24. The second-order valence-corrected chi connectivity index (χ2v) is 50.4. The summed E-state index contributed by atoms with van der Waals surface area (Å²) in [5.74, 6) is 2.24. The summed E-state index contributed by atoms with van der Waals surface area (Å²) in [5.41, 5.74) is -11.0. The summed E-state index contributed by atoms with van der Waals surface area (Å²) in [4.78, 5) is 58.1. The van der Waals surface area contributed by atoms with Crippen molar-refractivity contribution in [1.29, 1.82) is 0 Å². The summed E-state index contributed by atoms with van der Waals surface area (Å²) in [6.45, 7) is 69.7. The van der Waals surface area contributed by atoms with Gasteiger partial charge in [0, 0.05) is 155 Å². The molecule has 9 aliphatic heterocycles. The normalized spacial score (nSPS) is 29.6. The number of hydroxylamine groups is 18. The molecule has 0 aliphatic carbocycles. The molecule has 9 aliphatic rings. The van der Waals surface area contributed by atoms with Crippen LogP contribution >= 0.6 is 0 Å². The van der Waals surface area contributed by atoms with E-state index in [1.807, 2.05) is 102 Å². The fourth-order valence-corrected chi connectivity index (χ4v) is 26.0. The minimum absolute atomic E-state index is 0.0309. The van der Waals surface area contributed by atoms with Crippen LogP contribution in [0.25, 0.3) is 0 Å². The Hall–Kier alpha value is -5.49. The molecule has 12 N–H and O–H groups in total. The number of piperidine rings is 9. The zero-order valence-electron chi connectivity index (χ0n) is 84.6. The molecule has 4 unspecified atom stereocenters. The highest BCUT2D eigenvalue weighted by Crippen LogP contribution is 2.51. The number of ether oxygens (including phenoxy) is 2. The first kappa shape index (κ1) is 101. The molecule has 3 aromatic rings. The van der Waals surface area contributed by atoms with Crippen molar-refractivity contribution in [1.82, 2.24) is 90.4 Å². The summed E-state index contributed by atoms with van der Waals surface area (Å²) in [6.07, 6.45) is 9.61. The maximum Gasteiger partial charge on any atom is 0.323 e. The van der Waals surface area contributed by atoms with Crippen LogP contribution in [0.1, 0.15) is 351 Å². The number of hydrogen-bond acceptors (Lipinski definition) is 36. The van der Waals surface area contributed by atoms with Gasteiger partial charge in [-0.05, 0) is 351 Å². The van der Waals surface area contributed by atoms with Gasteiger partial charge in [-0.15, -0.1) is 0 Å². The van der Waals surface area contributed by atoms with E-state index in [-0.39, 0.29) is 123 Å². The molecular formula is C92H169N25O11. The van der Waals surface area contributed by atoms with E-state index in [2.05, 4.69) is 169 Å². The highest BCUT2D eigenvalue weighted by Gasteiger charge is 2.58. The van der Waals surface area contributed by atoms with E-state index >= 15 is 0 Å². The predicted octanol–water partition coefficient (Wildman–Crippen LogP) is 14.8. The van der Waals surface area contributed by atoms with Gasteiger partial charge in [-0.25, -0.2) is 0 Å². The molecule has 9 fully saturated rings. The molecule has 0 amide bonds. The van der Waals surface area contributed by atoms with Gasteiger partial charge >= 0.3 is 12.0 Å². The summed E-state index contributed by atoms with van der Waals surface area (Å²) < 4.78 is 14.4. The van der Waals surface area contributed by atoms with Gasteiger partial charge in [0.25, 0.3) is 0 Å². The standard InChI is InChI=1S/C92H169N25O11/c1-57-39-62(47-77(3,4)109(57)118)106(64-49-85(19,20)114(123)86(21,22)50-64)72-97-68(93-59-41-79(7,8)111(120)80(9,10)42-59)96-71(102-72)105(35-37-127-75-100-69(94-60-43-81(11,12)112(121)82(13,14)44-60)98-73(103-75)107(63-40-58(2)110(119)78(5,6)48-63)65-51-87(23,24)115(124)88(25,26)52-65)36-38-128-76-101-70(95-61-45-83(15,16)113(122)84(17,18)46-61)99-74(104-76)108(66-53-89(27,28)116(125)90(29,30)54-66)67-55-91(31,32)117(126)92(33,34)56-67/h57-67,118-126H,35-56H2,1-34H3,(H,93,96,97,102)(H,94,98,100,103)(H,95,99,101,104). The van der Waals surface area contributed by atoms with Crippen molar-refractivity contribution < 1.29 is 56.3 Å². The molecule has 0 aromatic carbocycles. The Morgan fingerprint density at radius 1 is 0.258 bits per heavy atom. The summed E-state index contributed by atoms with van der Waals surface area (Å²) in [7, 11) is 0. The molecule has 0 radical (unpaired) electrons. The monoisotopic (exact) mass is 1800 g/mol. The minimum atomic E-state index is -0.724. The van der Waals surface area contributed by atoms with Crippen LogP contribution in [0.4, 0.5) is 41.6 Å². The second kappa shape index (κ2) is 34.7. The number of aromatic nitrogens is 9. The zero-order valence-corrected chi connectivity index (χ0v) is 84.6. The van der Waals surface area contributed by atoms with Gasteiger partial charge in [0.05, 0.1) is 13.1 Å². The van der Waals surface area contributed by atoms with Crippen LogP contribution in [0, 0.1) is 0 Å². The Kier molecular flexibility index (Phi) is 27.5. The number of anilines is 7. The van der Waals surface area contributed by atoms with Gasteiger partial charge in [-0.1, -0.05) is 0 Å². The Morgan fingerprint density at radius 2 is 0.453 bits per heavy atom. The summed E-state index contributed by atoms with van der Waals surface area (Å²) in [6, 6.07) is -2.59. The molecule has 0 spiro atoms. The van der Waals surface area contributed by atoms with Crippen LogP contribution in [-0.2, 0) is 0 Å². The quantitative estimate of drug-likeness (QED) is 0.0396. The minimum Gasteiger partial charge on any atom is -0.461 e. The lowest BCUT2D eigenvalue weighted by Crippen LogP contribution is -2.67. The third kappa shape index (κ3) is 21.0. The van der Waals surface area contributed by atoms with E-state index in [9.17, 15) is 46.9 Å². The van der Waals surface area contributed by atoms with Crippen molar-refractivity contribution in [2.45, 2.75) is 506 Å². The number of nitrogens with one attached hydrogen (secondary N) is 3. The molecule has 12 rings (SSSR count).